The van der Waals surface area contributed by atoms with Crippen LogP contribution in [0, 0.1) is 11.8 Å². The molecule has 152 valence electrons. The molecule has 0 bridgehead atoms. The average Bonchev–Trinajstić information content (AvgIpc) is 2.61. The molecule has 0 saturated carbocycles. The van der Waals surface area contributed by atoms with Crippen LogP contribution in [0.3, 0.4) is 0 Å². The maximum Gasteiger partial charge on any atom is 0.0494 e. The van der Waals surface area contributed by atoms with Gasteiger partial charge < -0.3 is 9.47 Å². The van der Waals surface area contributed by atoms with Gasteiger partial charge in [0.25, 0.3) is 0 Å². The molecule has 0 rings (SSSR count). The molecule has 2 atom stereocenters. The van der Waals surface area contributed by atoms with Crippen LogP contribution < -0.4 is 0 Å². The summed E-state index contributed by atoms with van der Waals surface area (Å²) in [5, 5.41) is 0. The van der Waals surface area contributed by atoms with Crippen molar-refractivity contribution in [3.63, 3.8) is 0 Å². The van der Waals surface area contributed by atoms with Gasteiger partial charge in [-0.05, 0) is 43.9 Å². The predicted octanol–water partition coefficient (Wildman–Crippen LogP) is 7.40. The fraction of sp³-hybridized carbons (Fsp3) is 1.00. The van der Waals surface area contributed by atoms with Gasteiger partial charge in [-0.3, -0.25) is 0 Å². The van der Waals surface area contributed by atoms with Gasteiger partial charge in [0.05, 0.1) is 0 Å². The Hall–Kier alpha value is -0.0800. The number of rotatable bonds is 20. The van der Waals surface area contributed by atoms with Gasteiger partial charge in [0.2, 0.25) is 0 Å². The lowest BCUT2D eigenvalue weighted by Crippen LogP contribution is -2.13. The summed E-state index contributed by atoms with van der Waals surface area (Å²) in [5.41, 5.74) is 0. The maximum atomic E-state index is 5.93. The van der Waals surface area contributed by atoms with E-state index in [1.807, 2.05) is 0 Å². The van der Waals surface area contributed by atoms with Gasteiger partial charge in [-0.15, -0.1) is 0 Å². The smallest absolute Gasteiger partial charge is 0.0494 e. The molecule has 0 aromatic heterocycles. The SMILES string of the molecule is CCCCCC(CCC)COCCCOCC(CCC)CCCCC. The van der Waals surface area contributed by atoms with Gasteiger partial charge in [0.1, 0.15) is 0 Å². The Morgan fingerprint density at radius 2 is 0.920 bits per heavy atom. The molecule has 0 aliphatic rings. The number of ether oxygens (including phenoxy) is 2. The molecule has 0 aliphatic heterocycles. The van der Waals surface area contributed by atoms with Crippen molar-refractivity contribution in [2.45, 2.75) is 111 Å². The van der Waals surface area contributed by atoms with Crippen molar-refractivity contribution in [1.29, 1.82) is 0 Å². The molecule has 0 aromatic rings. The Kier molecular flexibility index (Phi) is 20.2. The van der Waals surface area contributed by atoms with Crippen molar-refractivity contribution in [2.75, 3.05) is 26.4 Å². The minimum absolute atomic E-state index is 0.768. The second kappa shape index (κ2) is 20.2. The summed E-state index contributed by atoms with van der Waals surface area (Å²) in [6, 6.07) is 0. The van der Waals surface area contributed by atoms with Gasteiger partial charge in [-0.25, -0.2) is 0 Å². The van der Waals surface area contributed by atoms with E-state index in [9.17, 15) is 0 Å². The van der Waals surface area contributed by atoms with Crippen LogP contribution in [0.4, 0.5) is 0 Å². The van der Waals surface area contributed by atoms with E-state index in [1.165, 1.54) is 77.0 Å². The first-order chi connectivity index (χ1) is 12.3. The third-order valence-corrected chi connectivity index (χ3v) is 5.11. The number of hydrogen-bond donors (Lipinski definition) is 0. The Morgan fingerprint density at radius 1 is 0.480 bits per heavy atom. The normalized spacial score (nSPS) is 13.9. The molecule has 0 amide bonds. The Labute approximate surface area is 159 Å². The van der Waals surface area contributed by atoms with Gasteiger partial charge >= 0.3 is 0 Å². The van der Waals surface area contributed by atoms with Crippen LogP contribution in [0.2, 0.25) is 0 Å². The molecule has 0 aromatic carbocycles. The molecule has 0 spiro atoms. The largest absolute Gasteiger partial charge is 0.381 e. The highest BCUT2D eigenvalue weighted by atomic mass is 16.5. The van der Waals surface area contributed by atoms with Gasteiger partial charge in [0.15, 0.2) is 0 Å². The first-order valence-corrected chi connectivity index (χ1v) is 11.4. The fourth-order valence-corrected chi connectivity index (χ4v) is 3.57. The molecule has 0 aliphatic carbocycles. The topological polar surface area (TPSA) is 18.5 Å². The summed E-state index contributed by atoms with van der Waals surface area (Å²) in [7, 11) is 0. The highest BCUT2D eigenvalue weighted by molar-refractivity contribution is 4.59. The summed E-state index contributed by atoms with van der Waals surface area (Å²) < 4.78 is 11.9. The lowest BCUT2D eigenvalue weighted by molar-refractivity contribution is 0.0491. The van der Waals surface area contributed by atoms with E-state index in [2.05, 4.69) is 27.7 Å². The number of hydrogen-bond acceptors (Lipinski definition) is 2. The molecule has 2 unspecified atom stereocenters. The third-order valence-electron chi connectivity index (χ3n) is 5.11. The average molecular weight is 357 g/mol. The molecular formula is C23H48O2. The summed E-state index contributed by atoms with van der Waals surface area (Å²) in [6.07, 6.45) is 17.0. The van der Waals surface area contributed by atoms with Crippen LogP contribution in [-0.2, 0) is 9.47 Å². The zero-order valence-electron chi connectivity index (χ0n) is 18.0. The molecule has 0 saturated heterocycles. The van der Waals surface area contributed by atoms with E-state index in [4.69, 9.17) is 9.47 Å². The molecule has 0 fully saturated rings. The monoisotopic (exact) mass is 356 g/mol. The fourth-order valence-electron chi connectivity index (χ4n) is 3.57. The molecule has 0 radical (unpaired) electrons. The van der Waals surface area contributed by atoms with Gasteiger partial charge in [0, 0.05) is 26.4 Å². The zero-order chi connectivity index (χ0) is 18.6. The van der Waals surface area contributed by atoms with Gasteiger partial charge in [-0.1, -0.05) is 79.1 Å². The lowest BCUT2D eigenvalue weighted by atomic mass is 9.97. The van der Waals surface area contributed by atoms with Crippen molar-refractivity contribution >= 4 is 0 Å². The molecular weight excluding hydrogens is 308 g/mol. The second-order valence-electron chi connectivity index (χ2n) is 7.80. The van der Waals surface area contributed by atoms with E-state index in [-0.39, 0.29) is 0 Å². The summed E-state index contributed by atoms with van der Waals surface area (Å²) in [5.74, 6) is 1.54. The molecule has 2 heteroatoms. The van der Waals surface area contributed by atoms with Crippen molar-refractivity contribution in [1.82, 2.24) is 0 Å². The summed E-state index contributed by atoms with van der Waals surface area (Å²) in [4.78, 5) is 0. The first kappa shape index (κ1) is 24.9. The van der Waals surface area contributed by atoms with E-state index in [0.29, 0.717) is 0 Å². The third kappa shape index (κ3) is 17.1. The van der Waals surface area contributed by atoms with Crippen LogP contribution in [0.1, 0.15) is 111 Å². The molecule has 0 N–H and O–H groups in total. The predicted molar refractivity (Wildman–Crippen MR) is 111 cm³/mol. The van der Waals surface area contributed by atoms with E-state index in [1.54, 1.807) is 0 Å². The summed E-state index contributed by atoms with van der Waals surface area (Å²) in [6.45, 7) is 12.8. The standard InChI is InChI=1S/C23H48O2/c1-5-9-11-16-22(14-7-3)20-24-18-13-19-25-21-23(15-8-4)17-12-10-6-2/h22-23H,5-21H2,1-4H3. The Bertz CT molecular complexity index is 218. The van der Waals surface area contributed by atoms with E-state index in [0.717, 1.165) is 44.7 Å². The zero-order valence-corrected chi connectivity index (χ0v) is 18.0. The van der Waals surface area contributed by atoms with Crippen LogP contribution in [0.25, 0.3) is 0 Å². The Balaban J connectivity index is 3.63. The maximum absolute atomic E-state index is 5.93. The highest BCUT2D eigenvalue weighted by Gasteiger charge is 2.09. The van der Waals surface area contributed by atoms with Gasteiger partial charge in [-0.2, -0.15) is 0 Å². The van der Waals surface area contributed by atoms with Crippen LogP contribution in [-0.4, -0.2) is 26.4 Å². The minimum atomic E-state index is 0.768. The van der Waals surface area contributed by atoms with E-state index < -0.39 is 0 Å². The summed E-state index contributed by atoms with van der Waals surface area (Å²) >= 11 is 0. The quantitative estimate of drug-likeness (QED) is 0.211. The molecule has 25 heavy (non-hydrogen) atoms. The van der Waals surface area contributed by atoms with Crippen LogP contribution >= 0.6 is 0 Å². The van der Waals surface area contributed by atoms with Crippen molar-refractivity contribution in [3.8, 4) is 0 Å². The minimum Gasteiger partial charge on any atom is -0.381 e. The second-order valence-corrected chi connectivity index (χ2v) is 7.80. The highest BCUT2D eigenvalue weighted by Crippen LogP contribution is 2.17. The number of unbranched alkanes of at least 4 members (excludes halogenated alkanes) is 4. The van der Waals surface area contributed by atoms with Crippen LogP contribution in [0.5, 0.6) is 0 Å². The van der Waals surface area contributed by atoms with Crippen molar-refractivity contribution in [3.05, 3.63) is 0 Å². The van der Waals surface area contributed by atoms with E-state index >= 15 is 0 Å². The van der Waals surface area contributed by atoms with Crippen molar-refractivity contribution < 1.29 is 9.47 Å². The van der Waals surface area contributed by atoms with Crippen LogP contribution in [0.15, 0.2) is 0 Å². The first-order valence-electron chi connectivity index (χ1n) is 11.4. The molecule has 0 heterocycles. The Morgan fingerprint density at radius 3 is 1.28 bits per heavy atom. The molecule has 2 nitrogen and oxygen atoms in total. The van der Waals surface area contributed by atoms with Crippen molar-refractivity contribution in [2.24, 2.45) is 11.8 Å². The lowest BCUT2D eigenvalue weighted by Gasteiger charge is -2.17.